The van der Waals surface area contributed by atoms with Crippen LogP contribution in [-0.4, -0.2) is 14.6 Å². The largest absolute Gasteiger partial charge is 0.488 e. The van der Waals surface area contributed by atoms with E-state index in [9.17, 15) is 18.0 Å². The summed E-state index contributed by atoms with van der Waals surface area (Å²) in [5.74, 6) is 0.602. The fourth-order valence-corrected chi connectivity index (χ4v) is 4.74. The number of fused-ring (bicyclic) bond motifs is 1. The molecule has 0 amide bonds. The van der Waals surface area contributed by atoms with Crippen LogP contribution < -0.4 is 4.74 Å². The van der Waals surface area contributed by atoms with Gasteiger partial charge >= 0.3 is 6.18 Å². The van der Waals surface area contributed by atoms with Gasteiger partial charge in [0, 0.05) is 15.6 Å². The van der Waals surface area contributed by atoms with Crippen molar-refractivity contribution in [2.24, 2.45) is 0 Å². The fourth-order valence-electron chi connectivity index (χ4n) is 2.91. The second-order valence-electron chi connectivity index (χ2n) is 9.26. The number of aldehydes is 1. The SMILES string of the molecule is CC(C)(C)[Si](C)(C)OCc1ccc2sc(C=O)cc2c1OCc1ccc(C(F)(F)F)cc1. The Morgan fingerprint density at radius 2 is 1.66 bits per heavy atom. The van der Waals surface area contributed by atoms with Gasteiger partial charge in [0.2, 0.25) is 0 Å². The standard InChI is InChI=1S/C24H27F3O3SSi/c1-23(2,3)32(4,5)30-15-17-8-11-21-20(12-19(13-28)31-21)22(17)29-14-16-6-9-18(10-7-16)24(25,26)27/h6-13H,14-15H2,1-5H3. The number of rotatable bonds is 7. The number of halogens is 3. The minimum absolute atomic E-state index is 0.0470. The Bertz CT molecular complexity index is 1100. The van der Waals surface area contributed by atoms with Crippen LogP contribution in [-0.2, 0) is 23.8 Å². The van der Waals surface area contributed by atoms with Crippen molar-refractivity contribution in [3.05, 3.63) is 64.0 Å². The van der Waals surface area contributed by atoms with Crippen molar-refractivity contribution < 1.29 is 27.1 Å². The zero-order valence-corrected chi connectivity index (χ0v) is 20.6. The van der Waals surface area contributed by atoms with Crippen LogP contribution in [0.1, 0.15) is 47.1 Å². The second kappa shape index (κ2) is 9.00. The van der Waals surface area contributed by atoms with Crippen molar-refractivity contribution in [1.82, 2.24) is 0 Å². The van der Waals surface area contributed by atoms with E-state index >= 15 is 0 Å². The van der Waals surface area contributed by atoms with E-state index in [0.29, 0.717) is 22.8 Å². The average Bonchev–Trinajstić information content (AvgIpc) is 3.13. The Morgan fingerprint density at radius 1 is 1.00 bits per heavy atom. The van der Waals surface area contributed by atoms with Crippen LogP contribution in [0, 0.1) is 0 Å². The normalized spacial score (nSPS) is 12.9. The highest BCUT2D eigenvalue weighted by Crippen LogP contribution is 2.40. The maximum Gasteiger partial charge on any atom is 0.416 e. The van der Waals surface area contributed by atoms with Crippen molar-refractivity contribution in [2.75, 3.05) is 0 Å². The van der Waals surface area contributed by atoms with E-state index in [2.05, 4.69) is 33.9 Å². The maximum atomic E-state index is 12.8. The van der Waals surface area contributed by atoms with Gasteiger partial charge in [0.25, 0.3) is 0 Å². The van der Waals surface area contributed by atoms with Crippen LogP contribution in [0.25, 0.3) is 10.1 Å². The summed E-state index contributed by atoms with van der Waals surface area (Å²) in [5.41, 5.74) is 0.780. The number of carbonyl (C=O) groups is 1. The molecule has 0 aliphatic carbocycles. The molecule has 0 unspecified atom stereocenters. The first-order chi connectivity index (χ1) is 14.8. The Morgan fingerprint density at radius 3 is 2.22 bits per heavy atom. The minimum atomic E-state index is -4.37. The zero-order chi connectivity index (χ0) is 23.7. The Kier molecular flexibility index (Phi) is 6.88. The molecule has 3 aromatic rings. The molecule has 32 heavy (non-hydrogen) atoms. The van der Waals surface area contributed by atoms with E-state index in [4.69, 9.17) is 9.16 Å². The van der Waals surface area contributed by atoms with E-state index in [1.807, 2.05) is 12.1 Å². The van der Waals surface area contributed by atoms with Crippen molar-refractivity contribution in [2.45, 2.75) is 58.3 Å². The first-order valence-corrected chi connectivity index (χ1v) is 14.0. The van der Waals surface area contributed by atoms with Gasteiger partial charge in [-0.25, -0.2) is 0 Å². The summed E-state index contributed by atoms with van der Waals surface area (Å²) < 4.78 is 51.9. The average molecular weight is 481 g/mol. The minimum Gasteiger partial charge on any atom is -0.488 e. The Hall–Kier alpha value is -2.16. The van der Waals surface area contributed by atoms with Crippen LogP contribution in [0.4, 0.5) is 13.2 Å². The number of thiophene rings is 1. The summed E-state index contributed by atoms with van der Waals surface area (Å²) in [4.78, 5) is 11.9. The first kappa shape index (κ1) is 24.5. The van der Waals surface area contributed by atoms with Crippen molar-refractivity contribution in [1.29, 1.82) is 0 Å². The van der Waals surface area contributed by atoms with Crippen LogP contribution in [0.3, 0.4) is 0 Å². The number of ether oxygens (including phenoxy) is 1. The number of carbonyl (C=O) groups excluding carboxylic acids is 1. The number of alkyl halides is 3. The third kappa shape index (κ3) is 5.42. The quantitative estimate of drug-likeness (QED) is 0.255. The summed E-state index contributed by atoms with van der Waals surface area (Å²) in [6.45, 7) is 11.3. The topological polar surface area (TPSA) is 35.5 Å². The molecule has 1 aromatic heterocycles. The summed E-state index contributed by atoms with van der Waals surface area (Å²) in [7, 11) is -2.01. The predicted octanol–water partition coefficient (Wildman–Crippen LogP) is 7.83. The summed E-state index contributed by atoms with van der Waals surface area (Å²) in [6.07, 6.45) is -3.57. The third-order valence-electron chi connectivity index (χ3n) is 5.93. The molecule has 0 atom stereocenters. The van der Waals surface area contributed by atoms with Crippen LogP contribution in [0.15, 0.2) is 42.5 Å². The van der Waals surface area contributed by atoms with E-state index < -0.39 is 20.1 Å². The monoisotopic (exact) mass is 480 g/mol. The van der Waals surface area contributed by atoms with Crippen molar-refractivity contribution in [3.8, 4) is 5.75 Å². The zero-order valence-electron chi connectivity index (χ0n) is 18.8. The fraction of sp³-hybridized carbons (Fsp3) is 0.375. The highest BCUT2D eigenvalue weighted by molar-refractivity contribution is 7.20. The van der Waals surface area contributed by atoms with Crippen molar-refractivity contribution in [3.63, 3.8) is 0 Å². The molecule has 0 saturated heterocycles. The molecule has 0 saturated carbocycles. The predicted molar refractivity (Wildman–Crippen MR) is 125 cm³/mol. The lowest BCUT2D eigenvalue weighted by Gasteiger charge is -2.36. The van der Waals surface area contributed by atoms with E-state index in [-0.39, 0.29) is 11.6 Å². The summed E-state index contributed by atoms with van der Waals surface area (Å²) in [5, 5.41) is 0.853. The van der Waals surface area contributed by atoms with Crippen LogP contribution in [0.2, 0.25) is 18.1 Å². The molecule has 0 aliphatic rings. The van der Waals surface area contributed by atoms with Crippen molar-refractivity contribution >= 4 is 36.0 Å². The van der Waals surface area contributed by atoms with Gasteiger partial charge in [-0.15, -0.1) is 11.3 Å². The molecule has 2 aromatic carbocycles. The van der Waals surface area contributed by atoms with Gasteiger partial charge in [0.1, 0.15) is 12.4 Å². The van der Waals surface area contributed by atoms with Gasteiger partial charge in [-0.1, -0.05) is 39.0 Å². The lowest BCUT2D eigenvalue weighted by molar-refractivity contribution is -0.137. The highest BCUT2D eigenvalue weighted by Gasteiger charge is 2.37. The molecule has 0 aliphatic heterocycles. The van der Waals surface area contributed by atoms with E-state index in [0.717, 1.165) is 34.1 Å². The van der Waals surface area contributed by atoms with Gasteiger partial charge in [0.05, 0.1) is 17.0 Å². The molecule has 172 valence electrons. The Labute approximate surface area is 191 Å². The van der Waals surface area contributed by atoms with Gasteiger partial charge in [-0.3, -0.25) is 4.79 Å². The van der Waals surface area contributed by atoms with Gasteiger partial charge in [0.15, 0.2) is 14.6 Å². The van der Waals surface area contributed by atoms with Gasteiger partial charge in [-0.05, 0) is 48.0 Å². The summed E-state index contributed by atoms with van der Waals surface area (Å²) >= 11 is 1.37. The number of hydrogen-bond acceptors (Lipinski definition) is 4. The Balaban J connectivity index is 1.89. The lowest BCUT2D eigenvalue weighted by atomic mass is 10.1. The van der Waals surface area contributed by atoms with Crippen LogP contribution in [0.5, 0.6) is 5.75 Å². The highest BCUT2D eigenvalue weighted by atomic mass is 32.1. The molecule has 0 radical (unpaired) electrons. The molecular formula is C24H27F3O3SSi. The lowest BCUT2D eigenvalue weighted by Crippen LogP contribution is -2.40. The first-order valence-electron chi connectivity index (χ1n) is 10.3. The van der Waals surface area contributed by atoms with E-state index in [1.54, 1.807) is 6.07 Å². The third-order valence-corrected chi connectivity index (χ3v) is 11.4. The van der Waals surface area contributed by atoms with E-state index in [1.165, 1.54) is 23.5 Å². The molecule has 1 heterocycles. The summed E-state index contributed by atoms with van der Waals surface area (Å²) in [6, 6.07) is 10.6. The molecule has 8 heteroatoms. The van der Waals surface area contributed by atoms with Crippen LogP contribution >= 0.6 is 11.3 Å². The number of hydrogen-bond donors (Lipinski definition) is 0. The molecule has 0 bridgehead atoms. The molecule has 0 N–H and O–H groups in total. The number of benzene rings is 2. The molecular weight excluding hydrogens is 453 g/mol. The molecule has 0 fully saturated rings. The molecule has 3 nitrogen and oxygen atoms in total. The molecule has 3 rings (SSSR count). The van der Waals surface area contributed by atoms with Gasteiger partial charge < -0.3 is 9.16 Å². The van der Waals surface area contributed by atoms with Gasteiger partial charge in [-0.2, -0.15) is 13.2 Å². The smallest absolute Gasteiger partial charge is 0.416 e. The second-order valence-corrected chi connectivity index (χ2v) is 15.2. The molecule has 0 spiro atoms. The maximum absolute atomic E-state index is 12.8.